The Morgan fingerprint density at radius 2 is 2.42 bits per heavy atom. The van der Waals surface area contributed by atoms with Crippen LogP contribution in [-0.2, 0) is 20.7 Å². The van der Waals surface area contributed by atoms with Crippen LogP contribution in [0.2, 0.25) is 0 Å². The van der Waals surface area contributed by atoms with E-state index in [1.165, 1.54) is 0 Å². The number of furan rings is 1. The zero-order valence-corrected chi connectivity index (χ0v) is 11.1. The molecule has 0 N–H and O–H groups in total. The van der Waals surface area contributed by atoms with Crippen molar-refractivity contribution in [2.45, 2.75) is 18.4 Å². The first kappa shape index (κ1) is 12.7. The summed E-state index contributed by atoms with van der Waals surface area (Å²) in [4.78, 5) is 13.9. The third-order valence-electron chi connectivity index (χ3n) is 4.14. The van der Waals surface area contributed by atoms with Crippen molar-refractivity contribution >= 4 is 5.91 Å². The maximum atomic E-state index is 12.1. The Kier molecular flexibility index (Phi) is 3.33. The molecule has 2 saturated heterocycles. The first-order chi connectivity index (χ1) is 9.23. The monoisotopic (exact) mass is 265 g/mol. The first-order valence-corrected chi connectivity index (χ1v) is 6.66. The van der Waals surface area contributed by atoms with Gasteiger partial charge < -0.3 is 18.8 Å². The highest BCUT2D eigenvalue weighted by molar-refractivity contribution is 5.79. The first-order valence-electron chi connectivity index (χ1n) is 6.66. The molecule has 2 aliphatic rings. The number of carbonyl (C=O) groups excluding carboxylic acids is 1. The van der Waals surface area contributed by atoms with Gasteiger partial charge in [-0.2, -0.15) is 0 Å². The summed E-state index contributed by atoms with van der Waals surface area (Å²) in [5, 5.41) is 0. The average Bonchev–Trinajstić information content (AvgIpc) is 2.96. The fraction of sp³-hybridized carbons (Fsp3) is 0.643. The second kappa shape index (κ2) is 4.98. The fourth-order valence-electron chi connectivity index (χ4n) is 3.02. The highest BCUT2D eigenvalue weighted by Crippen LogP contribution is 2.40. The molecule has 1 aromatic rings. The molecule has 3 heterocycles. The second-order valence-electron chi connectivity index (χ2n) is 5.36. The van der Waals surface area contributed by atoms with Crippen molar-refractivity contribution in [3.8, 4) is 0 Å². The van der Waals surface area contributed by atoms with Crippen molar-refractivity contribution in [1.82, 2.24) is 4.90 Å². The number of amides is 1. The maximum Gasteiger partial charge on any atom is 0.230 e. The summed E-state index contributed by atoms with van der Waals surface area (Å²) >= 11 is 0. The summed E-state index contributed by atoms with van der Waals surface area (Å²) < 4.78 is 16.3. The van der Waals surface area contributed by atoms with E-state index >= 15 is 0 Å². The molecule has 2 fully saturated rings. The van der Waals surface area contributed by atoms with Crippen molar-refractivity contribution in [1.29, 1.82) is 0 Å². The molecule has 1 spiro atoms. The molecule has 1 amide bonds. The van der Waals surface area contributed by atoms with E-state index in [0.717, 1.165) is 13.0 Å². The number of likely N-dealkylation sites (tertiary alicyclic amines) is 1. The van der Waals surface area contributed by atoms with E-state index in [1.807, 2.05) is 11.0 Å². The van der Waals surface area contributed by atoms with Crippen LogP contribution in [0, 0.1) is 5.92 Å². The molecule has 3 rings (SSSR count). The molecular formula is C14H19NO4. The number of rotatable bonds is 4. The SMILES string of the molecule is COCC1CCOC12CN(C(=O)Cc1ccco1)C2. The topological polar surface area (TPSA) is 51.9 Å². The highest BCUT2D eigenvalue weighted by Gasteiger charge is 2.54. The van der Waals surface area contributed by atoms with Gasteiger partial charge in [0, 0.05) is 19.6 Å². The molecule has 1 unspecified atom stereocenters. The lowest BCUT2D eigenvalue weighted by Gasteiger charge is -2.50. The zero-order chi connectivity index (χ0) is 13.3. The molecule has 0 aliphatic carbocycles. The highest BCUT2D eigenvalue weighted by atomic mass is 16.5. The summed E-state index contributed by atoms with van der Waals surface area (Å²) in [6.07, 6.45) is 2.95. The number of methoxy groups -OCH3 is 1. The Balaban J connectivity index is 1.55. The second-order valence-corrected chi connectivity index (χ2v) is 5.36. The third kappa shape index (κ3) is 2.28. The van der Waals surface area contributed by atoms with Crippen LogP contribution in [0.4, 0.5) is 0 Å². The van der Waals surface area contributed by atoms with Gasteiger partial charge in [0.2, 0.25) is 5.91 Å². The van der Waals surface area contributed by atoms with Gasteiger partial charge in [-0.25, -0.2) is 0 Å². The zero-order valence-electron chi connectivity index (χ0n) is 11.1. The van der Waals surface area contributed by atoms with Gasteiger partial charge >= 0.3 is 0 Å². The normalized spacial score (nSPS) is 24.7. The van der Waals surface area contributed by atoms with Gasteiger partial charge in [0.25, 0.3) is 0 Å². The van der Waals surface area contributed by atoms with Crippen LogP contribution in [0.25, 0.3) is 0 Å². The summed E-state index contributed by atoms with van der Waals surface area (Å²) in [7, 11) is 1.71. The molecule has 0 radical (unpaired) electrons. The van der Waals surface area contributed by atoms with Crippen LogP contribution < -0.4 is 0 Å². The van der Waals surface area contributed by atoms with E-state index in [9.17, 15) is 4.79 Å². The summed E-state index contributed by atoms with van der Waals surface area (Å²) in [6.45, 7) is 2.84. The molecule has 104 valence electrons. The van der Waals surface area contributed by atoms with Gasteiger partial charge in [-0.15, -0.1) is 0 Å². The quantitative estimate of drug-likeness (QED) is 0.817. The Bertz CT molecular complexity index is 436. The van der Waals surface area contributed by atoms with E-state index < -0.39 is 0 Å². The molecule has 2 aliphatic heterocycles. The lowest BCUT2D eigenvalue weighted by molar-refractivity contribution is -0.167. The van der Waals surface area contributed by atoms with Crippen LogP contribution in [0.15, 0.2) is 22.8 Å². The minimum absolute atomic E-state index is 0.104. The molecule has 5 heteroatoms. The Hall–Kier alpha value is -1.33. The van der Waals surface area contributed by atoms with Crippen molar-refractivity contribution < 1.29 is 18.7 Å². The van der Waals surface area contributed by atoms with Crippen LogP contribution in [0.3, 0.4) is 0 Å². The molecule has 0 bridgehead atoms. The fourth-order valence-corrected chi connectivity index (χ4v) is 3.02. The number of carbonyl (C=O) groups is 1. The van der Waals surface area contributed by atoms with E-state index in [1.54, 1.807) is 19.4 Å². The van der Waals surface area contributed by atoms with Crippen molar-refractivity contribution in [2.75, 3.05) is 33.4 Å². The Labute approximate surface area is 112 Å². The van der Waals surface area contributed by atoms with Gasteiger partial charge in [-0.05, 0) is 18.6 Å². The van der Waals surface area contributed by atoms with Crippen LogP contribution in [0.5, 0.6) is 0 Å². The maximum absolute atomic E-state index is 12.1. The van der Waals surface area contributed by atoms with Gasteiger partial charge in [0.05, 0.1) is 32.4 Å². The number of nitrogens with zero attached hydrogens (tertiary/aromatic N) is 1. The van der Waals surface area contributed by atoms with E-state index in [4.69, 9.17) is 13.9 Å². The van der Waals surface area contributed by atoms with E-state index in [2.05, 4.69) is 0 Å². The molecule has 0 saturated carbocycles. The lowest BCUT2D eigenvalue weighted by atomic mass is 9.81. The lowest BCUT2D eigenvalue weighted by Crippen LogP contribution is -2.66. The molecule has 19 heavy (non-hydrogen) atoms. The van der Waals surface area contributed by atoms with E-state index in [-0.39, 0.29) is 11.5 Å². The van der Waals surface area contributed by atoms with Gasteiger partial charge in [-0.1, -0.05) is 0 Å². The van der Waals surface area contributed by atoms with Crippen LogP contribution in [0.1, 0.15) is 12.2 Å². The smallest absolute Gasteiger partial charge is 0.230 e. The minimum Gasteiger partial charge on any atom is -0.469 e. The van der Waals surface area contributed by atoms with Crippen LogP contribution >= 0.6 is 0 Å². The molecule has 0 aromatic carbocycles. The summed E-state index contributed by atoms with van der Waals surface area (Å²) in [5.74, 6) is 1.23. The standard InChI is InChI=1S/C14H19NO4/c1-17-8-11-4-6-19-14(11)9-15(10-14)13(16)7-12-3-2-5-18-12/h2-3,5,11H,4,6-10H2,1H3. The number of hydrogen-bond donors (Lipinski definition) is 0. The summed E-state index contributed by atoms with van der Waals surface area (Å²) in [6, 6.07) is 3.63. The minimum atomic E-state index is -0.158. The largest absolute Gasteiger partial charge is 0.469 e. The molecule has 1 atom stereocenters. The Morgan fingerprint density at radius 1 is 1.58 bits per heavy atom. The average molecular weight is 265 g/mol. The predicted octanol–water partition coefficient (Wildman–Crippen LogP) is 1.09. The Morgan fingerprint density at radius 3 is 3.11 bits per heavy atom. The van der Waals surface area contributed by atoms with E-state index in [0.29, 0.717) is 37.8 Å². The molecule has 5 nitrogen and oxygen atoms in total. The van der Waals surface area contributed by atoms with Crippen molar-refractivity contribution in [3.63, 3.8) is 0 Å². The third-order valence-corrected chi connectivity index (χ3v) is 4.14. The predicted molar refractivity (Wildman–Crippen MR) is 67.7 cm³/mol. The van der Waals surface area contributed by atoms with Crippen molar-refractivity contribution in [2.24, 2.45) is 5.92 Å². The van der Waals surface area contributed by atoms with Gasteiger partial charge in [-0.3, -0.25) is 4.79 Å². The summed E-state index contributed by atoms with van der Waals surface area (Å²) in [5.41, 5.74) is -0.158. The molecule has 1 aromatic heterocycles. The van der Waals surface area contributed by atoms with Gasteiger partial charge in [0.1, 0.15) is 11.4 Å². The van der Waals surface area contributed by atoms with Gasteiger partial charge in [0.15, 0.2) is 0 Å². The molecular weight excluding hydrogens is 246 g/mol. The number of hydrogen-bond acceptors (Lipinski definition) is 4. The van der Waals surface area contributed by atoms with Crippen LogP contribution in [-0.4, -0.2) is 49.8 Å². The number of ether oxygens (including phenoxy) is 2. The van der Waals surface area contributed by atoms with Crippen molar-refractivity contribution in [3.05, 3.63) is 24.2 Å².